The molecule has 0 aliphatic carbocycles. The van der Waals surface area contributed by atoms with Crippen LogP contribution in [0, 0.1) is 31.0 Å². The summed E-state index contributed by atoms with van der Waals surface area (Å²) >= 11 is 0. The Morgan fingerprint density at radius 1 is 1.06 bits per heavy atom. The third kappa shape index (κ3) is 5.04. The number of benzene rings is 3. The van der Waals surface area contributed by atoms with Crippen LogP contribution < -0.4 is 9.64 Å². The summed E-state index contributed by atoms with van der Waals surface area (Å²) < 4.78 is 48.3. The van der Waals surface area contributed by atoms with E-state index in [0.29, 0.717) is 93.2 Å². The Labute approximate surface area is 299 Å². The van der Waals surface area contributed by atoms with E-state index in [0.717, 1.165) is 65.1 Å². The number of hydrogen-bond acceptors (Lipinski definition) is 10. The molecule has 2 bridgehead atoms. The highest BCUT2D eigenvalue weighted by Crippen LogP contribution is 2.45. The SMILES string of the molecule is C#Cc1c(F)ccc2cc(O)cc(-c3cc4nc(OC[C@@]56CCCN5C[C@H](F)C6)nc(N5C[C@H]6CC[C@@H](C5)N6CC5COC5)c4c4oc(C)nc34)c12. The first-order chi connectivity index (χ1) is 25.3. The number of rotatable bonds is 7. The molecule has 5 aromatic rings. The molecule has 0 radical (unpaired) electrons. The lowest BCUT2D eigenvalue weighted by atomic mass is 9.92. The van der Waals surface area contributed by atoms with Crippen molar-refractivity contribution in [1.82, 2.24) is 24.8 Å². The lowest BCUT2D eigenvalue weighted by molar-refractivity contribution is -0.0538. The number of halogens is 2. The molecule has 2 aromatic heterocycles. The van der Waals surface area contributed by atoms with Crippen molar-refractivity contribution in [2.75, 3.05) is 57.4 Å². The van der Waals surface area contributed by atoms with Gasteiger partial charge in [0.1, 0.15) is 35.7 Å². The fourth-order valence-corrected chi connectivity index (χ4v) is 9.83. The number of aromatic hydroxyl groups is 1. The number of phenols is 1. The molecular formula is C40H40F2N6O4. The fraction of sp³-hybridized carbons (Fsp3) is 0.475. The van der Waals surface area contributed by atoms with Crippen molar-refractivity contribution in [3.05, 3.63) is 47.6 Å². The maximum absolute atomic E-state index is 15.2. The van der Waals surface area contributed by atoms with Crippen LogP contribution in [0.4, 0.5) is 14.6 Å². The van der Waals surface area contributed by atoms with Crippen molar-refractivity contribution in [3.8, 4) is 35.2 Å². The summed E-state index contributed by atoms with van der Waals surface area (Å²) in [4.78, 5) is 22.2. The zero-order valence-electron chi connectivity index (χ0n) is 29.1. The largest absolute Gasteiger partial charge is 0.508 e. The molecule has 12 heteroatoms. The van der Waals surface area contributed by atoms with E-state index in [-0.39, 0.29) is 22.9 Å². The molecule has 4 atom stereocenters. The van der Waals surface area contributed by atoms with E-state index < -0.39 is 12.0 Å². The van der Waals surface area contributed by atoms with Gasteiger partial charge in [-0.1, -0.05) is 12.0 Å². The molecule has 1 N–H and O–H groups in total. The van der Waals surface area contributed by atoms with Crippen molar-refractivity contribution in [1.29, 1.82) is 0 Å². The van der Waals surface area contributed by atoms with Gasteiger partial charge in [0.15, 0.2) is 11.5 Å². The van der Waals surface area contributed by atoms with E-state index in [4.69, 9.17) is 35.3 Å². The Balaban J connectivity index is 1.14. The standard InChI is InChI=1S/C40H40F2N6O4/c1-3-29-32(42)8-5-24-11-28(49)12-30(34(24)29)31-13-33-35(37-36(31)43-22(2)52-37)38(46-17-26-6-7-27(18-46)48(26)15-23-19-50-20-23)45-39(44-33)51-21-40-9-4-10-47(40)16-25(41)14-40/h1,5,8,11-13,23,25-27,49H,4,6-7,9-10,14-21H2,2H3/t25-,26-,27+,40+/m1/s1. The van der Waals surface area contributed by atoms with Gasteiger partial charge in [0.05, 0.1) is 35.2 Å². The molecule has 0 unspecified atom stereocenters. The highest BCUT2D eigenvalue weighted by Gasteiger charge is 2.49. The molecule has 0 amide bonds. The van der Waals surface area contributed by atoms with Crippen LogP contribution in [0.1, 0.15) is 43.6 Å². The second-order valence-electron chi connectivity index (χ2n) is 15.5. The van der Waals surface area contributed by atoms with E-state index in [9.17, 15) is 9.50 Å². The van der Waals surface area contributed by atoms with Gasteiger partial charge in [-0.15, -0.1) is 6.42 Å². The third-order valence-electron chi connectivity index (χ3n) is 12.2. The number of aromatic nitrogens is 3. The van der Waals surface area contributed by atoms with Crippen LogP contribution in [0.15, 0.2) is 34.7 Å². The zero-order chi connectivity index (χ0) is 35.3. The maximum atomic E-state index is 15.2. The van der Waals surface area contributed by atoms with E-state index in [1.54, 1.807) is 25.1 Å². The minimum absolute atomic E-state index is 0.00264. The van der Waals surface area contributed by atoms with Gasteiger partial charge in [0, 0.05) is 68.5 Å². The summed E-state index contributed by atoms with van der Waals surface area (Å²) in [6.45, 7) is 7.64. The Morgan fingerprint density at radius 3 is 2.65 bits per heavy atom. The normalized spacial score (nSPS) is 26.4. The average molecular weight is 707 g/mol. The minimum Gasteiger partial charge on any atom is -0.508 e. The summed E-state index contributed by atoms with van der Waals surface area (Å²) in [5.74, 6) is 3.73. The summed E-state index contributed by atoms with van der Waals surface area (Å²) in [5, 5.41) is 12.7. The minimum atomic E-state index is -0.879. The van der Waals surface area contributed by atoms with Gasteiger partial charge in [0.25, 0.3) is 0 Å². The first-order valence-electron chi connectivity index (χ1n) is 18.4. The van der Waals surface area contributed by atoms with Gasteiger partial charge < -0.3 is 23.9 Å². The molecule has 5 aliphatic rings. The van der Waals surface area contributed by atoms with Crippen LogP contribution in [0.25, 0.3) is 43.9 Å². The van der Waals surface area contributed by atoms with E-state index in [2.05, 4.69) is 20.6 Å². The van der Waals surface area contributed by atoms with Gasteiger partial charge in [-0.05, 0) is 67.4 Å². The fourth-order valence-electron chi connectivity index (χ4n) is 9.83. The predicted molar refractivity (Wildman–Crippen MR) is 193 cm³/mol. The number of hydrogen-bond donors (Lipinski definition) is 1. The molecular weight excluding hydrogens is 666 g/mol. The number of piperazine rings is 1. The van der Waals surface area contributed by atoms with Crippen molar-refractivity contribution in [3.63, 3.8) is 0 Å². The molecule has 52 heavy (non-hydrogen) atoms. The molecule has 5 aliphatic heterocycles. The van der Waals surface area contributed by atoms with Gasteiger partial charge in [-0.25, -0.2) is 13.8 Å². The zero-order valence-corrected chi connectivity index (χ0v) is 29.1. The highest BCUT2D eigenvalue weighted by molar-refractivity contribution is 6.16. The molecule has 0 spiro atoms. The average Bonchev–Trinajstić information content (AvgIpc) is 3.82. The first-order valence-corrected chi connectivity index (χ1v) is 18.4. The Kier molecular flexibility index (Phi) is 7.40. The Hall–Kier alpha value is -4.57. The van der Waals surface area contributed by atoms with Crippen LogP contribution >= 0.6 is 0 Å². The molecule has 7 heterocycles. The highest BCUT2D eigenvalue weighted by atomic mass is 19.1. The molecule has 0 saturated carbocycles. The van der Waals surface area contributed by atoms with Crippen molar-refractivity contribution < 1.29 is 27.8 Å². The van der Waals surface area contributed by atoms with Gasteiger partial charge in [0.2, 0.25) is 0 Å². The second-order valence-corrected chi connectivity index (χ2v) is 15.5. The molecule has 5 fully saturated rings. The number of phenolic OH excluding ortho intramolecular Hbond substituents is 1. The van der Waals surface area contributed by atoms with Crippen LogP contribution in [0.2, 0.25) is 0 Å². The number of fused-ring (bicyclic) bond motifs is 7. The maximum Gasteiger partial charge on any atom is 0.319 e. The third-order valence-corrected chi connectivity index (χ3v) is 12.2. The van der Waals surface area contributed by atoms with Crippen LogP contribution in [-0.2, 0) is 4.74 Å². The van der Waals surface area contributed by atoms with Gasteiger partial charge >= 0.3 is 6.01 Å². The molecule has 10 nitrogen and oxygen atoms in total. The number of oxazole rings is 1. The summed E-state index contributed by atoms with van der Waals surface area (Å²) in [6.07, 6.45) is 9.53. The van der Waals surface area contributed by atoms with E-state index in [1.807, 2.05) is 6.07 Å². The lowest BCUT2D eigenvalue weighted by Crippen LogP contribution is -2.56. The smallest absolute Gasteiger partial charge is 0.319 e. The molecule has 10 rings (SSSR count). The summed E-state index contributed by atoms with van der Waals surface area (Å²) in [5.41, 5.74) is 2.42. The van der Waals surface area contributed by atoms with Crippen LogP contribution in [0.5, 0.6) is 11.8 Å². The topological polar surface area (TPSA) is 100 Å². The van der Waals surface area contributed by atoms with Crippen molar-refractivity contribution in [2.24, 2.45) is 5.92 Å². The molecule has 268 valence electrons. The molecule has 3 aromatic carbocycles. The quantitative estimate of drug-likeness (QED) is 0.204. The number of nitrogens with zero attached hydrogens (tertiary/aromatic N) is 6. The van der Waals surface area contributed by atoms with Gasteiger partial charge in [-0.3, -0.25) is 9.80 Å². The second kappa shape index (κ2) is 12.0. The van der Waals surface area contributed by atoms with Crippen molar-refractivity contribution >= 4 is 38.6 Å². The number of aryl methyl sites for hydroxylation is 1. The first kappa shape index (κ1) is 32.1. The van der Waals surface area contributed by atoms with E-state index >= 15 is 4.39 Å². The summed E-state index contributed by atoms with van der Waals surface area (Å²) in [7, 11) is 0. The Bertz CT molecular complexity index is 2290. The molecule has 5 saturated heterocycles. The Morgan fingerprint density at radius 2 is 1.88 bits per heavy atom. The monoisotopic (exact) mass is 706 g/mol. The number of terminal acetylenes is 1. The summed E-state index contributed by atoms with van der Waals surface area (Å²) in [6, 6.07) is 8.93. The van der Waals surface area contributed by atoms with Crippen molar-refractivity contribution in [2.45, 2.75) is 62.8 Å². The number of ether oxygens (including phenoxy) is 2. The number of alkyl halides is 1. The van der Waals surface area contributed by atoms with Crippen LogP contribution in [-0.4, -0.2) is 106 Å². The number of anilines is 1. The van der Waals surface area contributed by atoms with Gasteiger partial charge in [-0.2, -0.15) is 9.97 Å². The van der Waals surface area contributed by atoms with E-state index in [1.165, 1.54) is 6.07 Å². The lowest BCUT2D eigenvalue weighted by Gasteiger charge is -2.44. The predicted octanol–water partition coefficient (Wildman–Crippen LogP) is 5.98. The van der Waals surface area contributed by atoms with Crippen LogP contribution in [0.3, 0.4) is 0 Å².